The van der Waals surface area contributed by atoms with Gasteiger partial charge in [0.15, 0.2) is 0 Å². The zero-order valence-corrected chi connectivity index (χ0v) is 12.0. The summed E-state index contributed by atoms with van der Waals surface area (Å²) in [5, 5.41) is 4.72. The molecular formula is C13H22N4S. The Labute approximate surface area is 113 Å². The van der Waals surface area contributed by atoms with E-state index < -0.39 is 0 Å². The Morgan fingerprint density at radius 2 is 2.22 bits per heavy atom. The minimum Gasteiger partial charge on any atom is -0.342 e. The lowest BCUT2D eigenvalue weighted by atomic mass is 10.2. The van der Waals surface area contributed by atoms with E-state index >= 15 is 0 Å². The molecule has 1 aliphatic heterocycles. The van der Waals surface area contributed by atoms with Crippen molar-refractivity contribution in [1.29, 1.82) is 0 Å². The zero-order chi connectivity index (χ0) is 12.5. The number of nitrogens with one attached hydrogen (secondary N) is 1. The van der Waals surface area contributed by atoms with Crippen molar-refractivity contribution in [2.24, 2.45) is 0 Å². The molecule has 4 nitrogen and oxygen atoms in total. The third kappa shape index (κ3) is 2.67. The van der Waals surface area contributed by atoms with Crippen LogP contribution in [0.5, 0.6) is 0 Å². The van der Waals surface area contributed by atoms with Gasteiger partial charge in [0, 0.05) is 36.1 Å². The number of hydrogen-bond donors (Lipinski definition) is 1. The van der Waals surface area contributed by atoms with E-state index in [9.17, 15) is 0 Å². The Kier molecular flexibility index (Phi) is 3.52. The van der Waals surface area contributed by atoms with Gasteiger partial charge in [-0.1, -0.05) is 13.8 Å². The van der Waals surface area contributed by atoms with Crippen LogP contribution in [-0.4, -0.2) is 34.5 Å². The predicted octanol–water partition coefficient (Wildman–Crippen LogP) is 2.38. The van der Waals surface area contributed by atoms with Gasteiger partial charge in [0.1, 0.15) is 5.82 Å². The SMILES string of the molecule is CC(C)c1nsc(N(CC2CCCN2)C2CC2)n1. The van der Waals surface area contributed by atoms with E-state index in [1.54, 1.807) is 11.5 Å². The van der Waals surface area contributed by atoms with Gasteiger partial charge >= 0.3 is 0 Å². The van der Waals surface area contributed by atoms with Gasteiger partial charge < -0.3 is 10.2 Å². The molecule has 5 heteroatoms. The molecule has 18 heavy (non-hydrogen) atoms. The fraction of sp³-hybridized carbons (Fsp3) is 0.846. The van der Waals surface area contributed by atoms with E-state index in [1.165, 1.54) is 32.2 Å². The summed E-state index contributed by atoms with van der Waals surface area (Å²) >= 11 is 1.57. The van der Waals surface area contributed by atoms with Crippen molar-refractivity contribution in [2.75, 3.05) is 18.0 Å². The van der Waals surface area contributed by atoms with E-state index in [1.807, 2.05) is 0 Å². The third-order valence-electron chi connectivity index (χ3n) is 3.76. The number of nitrogens with zero attached hydrogens (tertiary/aromatic N) is 3. The highest BCUT2D eigenvalue weighted by atomic mass is 32.1. The van der Waals surface area contributed by atoms with Gasteiger partial charge in [0.2, 0.25) is 5.13 Å². The minimum absolute atomic E-state index is 0.431. The monoisotopic (exact) mass is 266 g/mol. The number of hydrogen-bond acceptors (Lipinski definition) is 5. The highest BCUT2D eigenvalue weighted by Gasteiger charge is 2.33. The van der Waals surface area contributed by atoms with Crippen molar-refractivity contribution >= 4 is 16.7 Å². The van der Waals surface area contributed by atoms with Crippen LogP contribution in [0.25, 0.3) is 0 Å². The van der Waals surface area contributed by atoms with E-state index in [-0.39, 0.29) is 0 Å². The molecular weight excluding hydrogens is 244 g/mol. The van der Waals surface area contributed by atoms with Crippen molar-refractivity contribution in [1.82, 2.24) is 14.7 Å². The van der Waals surface area contributed by atoms with Crippen LogP contribution >= 0.6 is 11.5 Å². The third-order valence-corrected chi connectivity index (χ3v) is 4.53. The quantitative estimate of drug-likeness (QED) is 0.888. The molecule has 100 valence electrons. The molecule has 0 spiro atoms. The van der Waals surface area contributed by atoms with Crippen LogP contribution in [0.15, 0.2) is 0 Å². The van der Waals surface area contributed by atoms with Crippen LogP contribution in [-0.2, 0) is 0 Å². The molecule has 0 bridgehead atoms. The number of anilines is 1. The topological polar surface area (TPSA) is 41.1 Å². The molecule has 3 rings (SSSR count). The summed E-state index contributed by atoms with van der Waals surface area (Å²) in [5.41, 5.74) is 0. The van der Waals surface area contributed by atoms with Crippen LogP contribution in [0, 0.1) is 0 Å². The summed E-state index contributed by atoms with van der Waals surface area (Å²) in [5.74, 6) is 1.43. The molecule has 1 atom stereocenters. The maximum Gasteiger partial charge on any atom is 0.205 e. The fourth-order valence-electron chi connectivity index (χ4n) is 2.50. The first kappa shape index (κ1) is 12.4. The molecule has 1 N–H and O–H groups in total. The first-order valence-electron chi connectivity index (χ1n) is 7.07. The van der Waals surface area contributed by atoms with Crippen molar-refractivity contribution in [2.45, 2.75) is 57.5 Å². The van der Waals surface area contributed by atoms with E-state index in [4.69, 9.17) is 4.98 Å². The second-order valence-electron chi connectivity index (χ2n) is 5.77. The number of aromatic nitrogens is 2. The molecule has 0 amide bonds. The average molecular weight is 266 g/mol. The van der Waals surface area contributed by atoms with Gasteiger partial charge in [0.05, 0.1) is 0 Å². The fourth-order valence-corrected chi connectivity index (χ4v) is 3.39. The van der Waals surface area contributed by atoms with E-state index in [0.717, 1.165) is 23.5 Å². The van der Waals surface area contributed by atoms with Crippen molar-refractivity contribution in [3.05, 3.63) is 5.82 Å². The molecule has 2 heterocycles. The molecule has 1 saturated heterocycles. The second-order valence-corrected chi connectivity index (χ2v) is 6.50. The van der Waals surface area contributed by atoms with Crippen LogP contribution in [0.2, 0.25) is 0 Å². The predicted molar refractivity (Wildman–Crippen MR) is 75.4 cm³/mol. The molecule has 1 aliphatic carbocycles. The summed E-state index contributed by atoms with van der Waals surface area (Å²) in [4.78, 5) is 7.21. The standard InChI is InChI=1S/C13H22N4S/c1-9(2)12-15-13(18-16-12)17(11-5-6-11)8-10-4-3-7-14-10/h9-11,14H,3-8H2,1-2H3. The van der Waals surface area contributed by atoms with E-state index in [2.05, 4.69) is 28.4 Å². The van der Waals surface area contributed by atoms with Crippen LogP contribution < -0.4 is 10.2 Å². The summed E-state index contributed by atoms with van der Waals surface area (Å²) in [6.07, 6.45) is 5.27. The Bertz CT molecular complexity index is 393. The van der Waals surface area contributed by atoms with Gasteiger partial charge in [-0.05, 0) is 32.2 Å². The van der Waals surface area contributed by atoms with Crippen LogP contribution in [0.3, 0.4) is 0 Å². The molecule has 1 aromatic rings. The molecule has 2 fully saturated rings. The van der Waals surface area contributed by atoms with Crippen molar-refractivity contribution < 1.29 is 0 Å². The normalized spacial score (nSPS) is 23.8. The first-order valence-corrected chi connectivity index (χ1v) is 7.85. The largest absolute Gasteiger partial charge is 0.342 e. The molecule has 0 aromatic carbocycles. The Balaban J connectivity index is 1.71. The lowest BCUT2D eigenvalue weighted by Crippen LogP contribution is -2.38. The minimum atomic E-state index is 0.431. The van der Waals surface area contributed by atoms with Crippen molar-refractivity contribution in [3.8, 4) is 0 Å². The van der Waals surface area contributed by atoms with Gasteiger partial charge in [-0.3, -0.25) is 0 Å². The van der Waals surface area contributed by atoms with Gasteiger partial charge in [0.25, 0.3) is 0 Å². The van der Waals surface area contributed by atoms with Crippen LogP contribution in [0.4, 0.5) is 5.13 Å². The Morgan fingerprint density at radius 3 is 2.78 bits per heavy atom. The average Bonchev–Trinajstić information content (AvgIpc) is 2.88. The lowest BCUT2D eigenvalue weighted by Gasteiger charge is -2.24. The van der Waals surface area contributed by atoms with Gasteiger partial charge in [-0.25, -0.2) is 4.98 Å². The Hall–Kier alpha value is -0.680. The van der Waals surface area contributed by atoms with Gasteiger partial charge in [-0.2, -0.15) is 4.37 Å². The highest BCUT2D eigenvalue weighted by Crippen LogP contribution is 2.33. The molecule has 1 aromatic heterocycles. The van der Waals surface area contributed by atoms with Crippen molar-refractivity contribution in [3.63, 3.8) is 0 Å². The molecule has 0 radical (unpaired) electrons. The summed E-state index contributed by atoms with van der Waals surface area (Å²) in [6, 6.07) is 1.37. The molecule has 2 aliphatic rings. The zero-order valence-electron chi connectivity index (χ0n) is 11.2. The number of rotatable bonds is 5. The lowest BCUT2D eigenvalue weighted by molar-refractivity contribution is 0.577. The smallest absolute Gasteiger partial charge is 0.205 e. The van der Waals surface area contributed by atoms with Gasteiger partial charge in [-0.15, -0.1) is 0 Å². The summed E-state index contributed by atoms with van der Waals surface area (Å²) < 4.78 is 4.49. The molecule has 1 unspecified atom stereocenters. The van der Waals surface area contributed by atoms with E-state index in [0.29, 0.717) is 12.0 Å². The second kappa shape index (κ2) is 5.13. The highest BCUT2D eigenvalue weighted by molar-refractivity contribution is 7.09. The first-order chi connectivity index (χ1) is 8.74. The summed E-state index contributed by atoms with van der Waals surface area (Å²) in [7, 11) is 0. The maximum absolute atomic E-state index is 4.72. The Morgan fingerprint density at radius 1 is 1.39 bits per heavy atom. The van der Waals surface area contributed by atoms with Crippen LogP contribution in [0.1, 0.15) is 51.3 Å². The molecule has 1 saturated carbocycles. The summed E-state index contributed by atoms with van der Waals surface area (Å²) in [6.45, 7) is 6.60. The maximum atomic E-state index is 4.72.